The molecule has 0 bridgehead atoms. The van der Waals surface area contributed by atoms with E-state index in [1.807, 2.05) is 18.2 Å². The van der Waals surface area contributed by atoms with E-state index >= 15 is 0 Å². The normalized spacial score (nSPS) is 12.3. The molecule has 0 fully saturated rings. The van der Waals surface area contributed by atoms with E-state index in [2.05, 4.69) is 15.9 Å². The summed E-state index contributed by atoms with van der Waals surface area (Å²) in [7, 11) is 1.61. The van der Waals surface area contributed by atoms with Crippen LogP contribution in [0.4, 0.5) is 0 Å². The SMILES string of the molecule is COc1cc(Br)ccc1C(N)c1cc(Cl)ccc1Cl. The van der Waals surface area contributed by atoms with Gasteiger partial charge in [-0.05, 0) is 35.9 Å². The molecule has 0 aliphatic rings. The van der Waals surface area contributed by atoms with Gasteiger partial charge in [-0.25, -0.2) is 0 Å². The largest absolute Gasteiger partial charge is 0.496 e. The van der Waals surface area contributed by atoms with Crippen molar-refractivity contribution in [3.05, 3.63) is 62.0 Å². The first-order valence-corrected chi connectivity index (χ1v) is 7.11. The monoisotopic (exact) mass is 359 g/mol. The van der Waals surface area contributed by atoms with Crippen LogP contribution >= 0.6 is 39.1 Å². The Kier molecular flexibility index (Phi) is 4.74. The van der Waals surface area contributed by atoms with Crippen LogP contribution in [0.25, 0.3) is 0 Å². The molecule has 0 aliphatic heterocycles. The Morgan fingerprint density at radius 2 is 1.84 bits per heavy atom. The lowest BCUT2D eigenvalue weighted by atomic mass is 9.99. The first kappa shape index (κ1) is 14.7. The van der Waals surface area contributed by atoms with Crippen molar-refractivity contribution in [1.82, 2.24) is 0 Å². The van der Waals surface area contributed by atoms with Crippen LogP contribution in [0.5, 0.6) is 5.75 Å². The van der Waals surface area contributed by atoms with Gasteiger partial charge in [0.25, 0.3) is 0 Å². The lowest BCUT2D eigenvalue weighted by molar-refractivity contribution is 0.407. The maximum Gasteiger partial charge on any atom is 0.125 e. The average molecular weight is 361 g/mol. The molecule has 5 heteroatoms. The Morgan fingerprint density at radius 1 is 1.11 bits per heavy atom. The fraction of sp³-hybridized carbons (Fsp3) is 0.143. The van der Waals surface area contributed by atoms with Gasteiger partial charge in [0.15, 0.2) is 0 Å². The van der Waals surface area contributed by atoms with Crippen LogP contribution in [0.3, 0.4) is 0 Å². The Balaban J connectivity index is 2.49. The Hall–Kier alpha value is -0.740. The van der Waals surface area contributed by atoms with Gasteiger partial charge in [-0.2, -0.15) is 0 Å². The molecule has 0 radical (unpaired) electrons. The van der Waals surface area contributed by atoms with E-state index in [0.717, 1.165) is 15.6 Å². The molecule has 0 saturated carbocycles. The molecule has 0 aliphatic carbocycles. The average Bonchev–Trinajstić information content (AvgIpc) is 2.40. The Morgan fingerprint density at radius 3 is 2.53 bits per heavy atom. The lowest BCUT2D eigenvalue weighted by Gasteiger charge is -2.17. The summed E-state index contributed by atoms with van der Waals surface area (Å²) in [4.78, 5) is 0. The molecule has 0 spiro atoms. The lowest BCUT2D eigenvalue weighted by Crippen LogP contribution is -2.13. The van der Waals surface area contributed by atoms with Crippen molar-refractivity contribution >= 4 is 39.1 Å². The third-order valence-electron chi connectivity index (χ3n) is 2.82. The molecule has 2 aromatic carbocycles. The topological polar surface area (TPSA) is 35.2 Å². The van der Waals surface area contributed by atoms with E-state index in [9.17, 15) is 0 Å². The highest BCUT2D eigenvalue weighted by atomic mass is 79.9. The van der Waals surface area contributed by atoms with Gasteiger partial charge in [0.05, 0.1) is 13.2 Å². The fourth-order valence-electron chi connectivity index (χ4n) is 1.86. The molecule has 19 heavy (non-hydrogen) atoms. The summed E-state index contributed by atoms with van der Waals surface area (Å²) in [6.07, 6.45) is 0. The van der Waals surface area contributed by atoms with E-state index in [4.69, 9.17) is 33.7 Å². The summed E-state index contributed by atoms with van der Waals surface area (Å²) in [6.45, 7) is 0. The molecule has 1 atom stereocenters. The van der Waals surface area contributed by atoms with E-state index in [1.165, 1.54) is 0 Å². The minimum atomic E-state index is -0.394. The number of hydrogen-bond acceptors (Lipinski definition) is 2. The molecule has 2 N–H and O–H groups in total. The minimum absolute atomic E-state index is 0.394. The molecule has 100 valence electrons. The third kappa shape index (κ3) is 3.23. The van der Waals surface area contributed by atoms with E-state index in [1.54, 1.807) is 25.3 Å². The number of halogens is 3. The fourth-order valence-corrected chi connectivity index (χ4v) is 2.62. The first-order chi connectivity index (χ1) is 9.02. The van der Waals surface area contributed by atoms with Gasteiger partial charge in [-0.1, -0.05) is 45.2 Å². The number of rotatable bonds is 3. The van der Waals surface area contributed by atoms with Crippen LogP contribution < -0.4 is 10.5 Å². The van der Waals surface area contributed by atoms with Crippen molar-refractivity contribution in [2.45, 2.75) is 6.04 Å². The molecule has 0 amide bonds. The number of ether oxygens (including phenoxy) is 1. The smallest absolute Gasteiger partial charge is 0.125 e. The second-order valence-corrected chi connectivity index (χ2v) is 5.79. The zero-order valence-electron chi connectivity index (χ0n) is 10.2. The van der Waals surface area contributed by atoms with E-state index in [-0.39, 0.29) is 0 Å². The van der Waals surface area contributed by atoms with E-state index < -0.39 is 6.04 Å². The maximum atomic E-state index is 6.27. The van der Waals surface area contributed by atoms with Crippen molar-refractivity contribution in [1.29, 1.82) is 0 Å². The summed E-state index contributed by atoms with van der Waals surface area (Å²) in [5.74, 6) is 0.706. The van der Waals surface area contributed by atoms with Gasteiger partial charge in [0, 0.05) is 20.1 Å². The van der Waals surface area contributed by atoms with Crippen molar-refractivity contribution in [3.8, 4) is 5.75 Å². The quantitative estimate of drug-likeness (QED) is 0.852. The molecule has 0 aromatic heterocycles. The molecular formula is C14H12BrCl2NO. The minimum Gasteiger partial charge on any atom is -0.496 e. The molecular weight excluding hydrogens is 349 g/mol. The van der Waals surface area contributed by atoms with Gasteiger partial charge in [0.2, 0.25) is 0 Å². The number of methoxy groups -OCH3 is 1. The molecule has 0 saturated heterocycles. The van der Waals surface area contributed by atoms with Crippen LogP contribution in [0.15, 0.2) is 40.9 Å². The van der Waals surface area contributed by atoms with Gasteiger partial charge >= 0.3 is 0 Å². The number of hydrogen-bond donors (Lipinski definition) is 1. The van der Waals surface area contributed by atoms with Crippen molar-refractivity contribution < 1.29 is 4.74 Å². The second kappa shape index (κ2) is 6.14. The standard InChI is InChI=1S/C14H12BrCl2NO/c1-19-13-6-8(15)2-4-10(13)14(18)11-7-9(16)3-5-12(11)17/h2-7,14H,18H2,1H3. The summed E-state index contributed by atoms with van der Waals surface area (Å²) in [5, 5.41) is 1.19. The van der Waals surface area contributed by atoms with Crippen LogP contribution in [-0.2, 0) is 0 Å². The summed E-state index contributed by atoms with van der Waals surface area (Å²) in [6, 6.07) is 10.5. The molecule has 2 aromatic rings. The summed E-state index contributed by atoms with van der Waals surface area (Å²) < 4.78 is 6.28. The van der Waals surface area contributed by atoms with Crippen LogP contribution in [0.1, 0.15) is 17.2 Å². The van der Waals surface area contributed by atoms with Crippen molar-refractivity contribution in [3.63, 3.8) is 0 Å². The van der Waals surface area contributed by atoms with Gasteiger partial charge < -0.3 is 10.5 Å². The predicted molar refractivity (Wildman–Crippen MR) is 83.2 cm³/mol. The van der Waals surface area contributed by atoms with Crippen molar-refractivity contribution in [2.75, 3.05) is 7.11 Å². The zero-order chi connectivity index (χ0) is 14.0. The van der Waals surface area contributed by atoms with Crippen LogP contribution in [0.2, 0.25) is 10.0 Å². The zero-order valence-corrected chi connectivity index (χ0v) is 13.3. The van der Waals surface area contributed by atoms with Crippen molar-refractivity contribution in [2.24, 2.45) is 5.73 Å². The highest BCUT2D eigenvalue weighted by Crippen LogP contribution is 2.34. The molecule has 1 unspecified atom stereocenters. The first-order valence-electron chi connectivity index (χ1n) is 5.57. The van der Waals surface area contributed by atoms with Gasteiger partial charge in [0.1, 0.15) is 5.75 Å². The Labute approximate surface area is 130 Å². The molecule has 2 nitrogen and oxygen atoms in total. The second-order valence-electron chi connectivity index (χ2n) is 4.03. The molecule has 0 heterocycles. The predicted octanol–water partition coefficient (Wildman–Crippen LogP) is 4.81. The number of nitrogens with two attached hydrogens (primary N) is 1. The number of benzene rings is 2. The van der Waals surface area contributed by atoms with Crippen LogP contribution in [-0.4, -0.2) is 7.11 Å². The maximum absolute atomic E-state index is 6.27. The third-order valence-corrected chi connectivity index (χ3v) is 3.90. The van der Waals surface area contributed by atoms with Gasteiger partial charge in [-0.3, -0.25) is 0 Å². The van der Waals surface area contributed by atoms with Gasteiger partial charge in [-0.15, -0.1) is 0 Å². The summed E-state index contributed by atoms with van der Waals surface area (Å²) in [5.41, 5.74) is 7.90. The van der Waals surface area contributed by atoms with Crippen LogP contribution in [0, 0.1) is 0 Å². The summed E-state index contributed by atoms with van der Waals surface area (Å²) >= 11 is 15.6. The molecule has 2 rings (SSSR count). The Bertz CT molecular complexity index is 604. The highest BCUT2D eigenvalue weighted by molar-refractivity contribution is 9.10. The highest BCUT2D eigenvalue weighted by Gasteiger charge is 2.17. The van der Waals surface area contributed by atoms with E-state index in [0.29, 0.717) is 15.8 Å².